The molecule has 8 heavy (non-hydrogen) atoms. The first kappa shape index (κ1) is 32.1. The molecule has 4 N–H and O–H groups in total. The average molecular weight is 345 g/mol. The van der Waals surface area contributed by atoms with Crippen LogP contribution in [0.3, 0.4) is 0 Å². The Morgan fingerprint density at radius 3 is 1.12 bits per heavy atom. The van der Waals surface area contributed by atoms with Gasteiger partial charge >= 0.3 is 71.2 Å². The van der Waals surface area contributed by atoms with Crippen LogP contribution in [0.1, 0.15) is 0 Å². The van der Waals surface area contributed by atoms with Crippen LogP contribution in [0.5, 0.6) is 0 Å². The van der Waals surface area contributed by atoms with Gasteiger partial charge in [0.2, 0.25) is 0 Å². The molecule has 0 bridgehead atoms. The van der Waals surface area contributed by atoms with Crippen molar-refractivity contribution in [1.82, 2.24) is 0 Å². The SMILES string of the molecule is O.O.O=[S-](=O)[O-].[K+].[Os+]. The summed E-state index contributed by atoms with van der Waals surface area (Å²) < 4.78 is 25.3. The summed E-state index contributed by atoms with van der Waals surface area (Å²) in [4.78, 5) is 0. The van der Waals surface area contributed by atoms with Crippen molar-refractivity contribution < 1.29 is 95.1 Å². The van der Waals surface area contributed by atoms with Crippen molar-refractivity contribution in [1.29, 1.82) is 0 Å². The number of rotatable bonds is 0. The molecule has 0 fully saturated rings. The third kappa shape index (κ3) is 92.5. The Bertz CT molecular complexity index is 60.8. The predicted molar refractivity (Wildman–Crippen MR) is 16.7 cm³/mol. The summed E-state index contributed by atoms with van der Waals surface area (Å²) in [6, 6.07) is 0. The Kier molecular flexibility index (Phi) is 92.2. The monoisotopic (exact) mass is 347 g/mol. The quantitative estimate of drug-likeness (QED) is 0.189. The molecular formula is H4KO5OsS. The third-order valence-corrected chi connectivity index (χ3v) is 0. The Morgan fingerprint density at radius 1 is 1.12 bits per heavy atom. The van der Waals surface area contributed by atoms with Gasteiger partial charge in [-0.25, -0.2) is 0 Å². The van der Waals surface area contributed by atoms with Gasteiger partial charge in [-0.3, -0.25) is 0 Å². The van der Waals surface area contributed by atoms with Crippen molar-refractivity contribution in [2.45, 2.75) is 0 Å². The van der Waals surface area contributed by atoms with E-state index in [1.807, 2.05) is 0 Å². The molecule has 0 heterocycles. The summed E-state index contributed by atoms with van der Waals surface area (Å²) in [7, 11) is -3.11. The van der Waals surface area contributed by atoms with Crippen molar-refractivity contribution in [3.63, 3.8) is 0 Å². The first-order valence-electron chi connectivity index (χ1n) is 0.500. The van der Waals surface area contributed by atoms with Crippen LogP contribution in [0.4, 0.5) is 0 Å². The van der Waals surface area contributed by atoms with Crippen molar-refractivity contribution in [2.75, 3.05) is 0 Å². The van der Waals surface area contributed by atoms with Crippen LogP contribution in [0.2, 0.25) is 0 Å². The minimum atomic E-state index is -3.11. The fourth-order valence-electron chi connectivity index (χ4n) is 0. The van der Waals surface area contributed by atoms with Crippen molar-refractivity contribution in [3.05, 3.63) is 0 Å². The topological polar surface area (TPSA) is 120 Å². The van der Waals surface area contributed by atoms with Gasteiger partial charge in [0.15, 0.2) is 0 Å². The van der Waals surface area contributed by atoms with Crippen LogP contribution >= 0.6 is 0 Å². The second-order valence-electron chi connectivity index (χ2n) is 0.204. The van der Waals surface area contributed by atoms with Crippen molar-refractivity contribution >= 4 is 11.0 Å². The molecule has 8 heteroatoms. The molecular weight excluding hydrogens is 341 g/mol. The van der Waals surface area contributed by atoms with Gasteiger partial charge in [-0.15, -0.1) is 0 Å². The van der Waals surface area contributed by atoms with Gasteiger partial charge in [0.05, 0.1) is 0 Å². The molecule has 0 aliphatic carbocycles. The third-order valence-electron chi connectivity index (χ3n) is 0. The van der Waals surface area contributed by atoms with Crippen LogP contribution < -0.4 is 51.4 Å². The van der Waals surface area contributed by atoms with Crippen LogP contribution in [-0.2, 0) is 39.2 Å². The fraction of sp³-hybridized carbons (Fsp3) is 0. The Hall–Kier alpha value is 2.10. The van der Waals surface area contributed by atoms with Crippen molar-refractivity contribution in [3.8, 4) is 0 Å². The maximum atomic E-state index is 8.44. The van der Waals surface area contributed by atoms with Gasteiger partial charge in [-0.05, 0) is 0 Å². The summed E-state index contributed by atoms with van der Waals surface area (Å²) >= 11 is 0. The molecule has 0 amide bonds. The molecule has 0 aromatic rings. The smallest absolute Gasteiger partial charge is 0.917 e. The van der Waals surface area contributed by atoms with E-state index in [1.165, 1.54) is 0 Å². The number of hydrogen-bond donors (Lipinski definition) is 0. The van der Waals surface area contributed by atoms with E-state index in [4.69, 9.17) is 13.0 Å². The molecule has 0 spiro atoms. The zero-order chi connectivity index (χ0) is 3.58. The van der Waals surface area contributed by atoms with E-state index in [-0.39, 0.29) is 82.1 Å². The first-order valence-corrected chi connectivity index (χ1v) is 1.50. The van der Waals surface area contributed by atoms with Gasteiger partial charge in [0.1, 0.15) is 0 Å². The van der Waals surface area contributed by atoms with E-state index in [0.29, 0.717) is 0 Å². The molecule has 0 atom stereocenters. The minimum absolute atomic E-state index is 0. The van der Waals surface area contributed by atoms with Gasteiger partial charge in [0.25, 0.3) is 0 Å². The molecule has 5 nitrogen and oxygen atoms in total. The zero-order valence-electron chi connectivity index (χ0n) is 3.99. The van der Waals surface area contributed by atoms with E-state index in [1.54, 1.807) is 0 Å². The molecule has 49 valence electrons. The molecule has 1 radical (unpaired) electrons. The maximum absolute atomic E-state index is 8.44. The largest absolute Gasteiger partial charge is 1.00 e. The van der Waals surface area contributed by atoms with Crippen LogP contribution in [0.25, 0.3) is 0 Å². The summed E-state index contributed by atoms with van der Waals surface area (Å²) in [6.07, 6.45) is 0. The Labute approximate surface area is 104 Å². The summed E-state index contributed by atoms with van der Waals surface area (Å²) in [5, 5.41) is 0. The second-order valence-corrected chi connectivity index (χ2v) is 0.612. The fourth-order valence-corrected chi connectivity index (χ4v) is 0. The van der Waals surface area contributed by atoms with E-state index in [2.05, 4.69) is 0 Å². The molecule has 0 aromatic heterocycles. The molecule has 0 aromatic carbocycles. The average Bonchev–Trinajstić information content (AvgIpc) is 0.811. The molecule has 0 aliphatic heterocycles. The van der Waals surface area contributed by atoms with Crippen LogP contribution in [0.15, 0.2) is 0 Å². The predicted octanol–water partition coefficient (Wildman–Crippen LogP) is -5.22. The van der Waals surface area contributed by atoms with Gasteiger partial charge in [0, 0.05) is 0 Å². The summed E-state index contributed by atoms with van der Waals surface area (Å²) in [6.45, 7) is 0. The molecule has 0 saturated carbocycles. The van der Waals surface area contributed by atoms with E-state index >= 15 is 0 Å². The first-order chi connectivity index (χ1) is 1.73. The molecule has 0 rings (SSSR count). The van der Waals surface area contributed by atoms with E-state index in [9.17, 15) is 0 Å². The van der Waals surface area contributed by atoms with E-state index < -0.39 is 11.0 Å². The minimum Gasteiger partial charge on any atom is -0.917 e. The van der Waals surface area contributed by atoms with E-state index in [0.717, 1.165) is 0 Å². The standard InChI is InChI=1S/K.O3S.2H2O.Os/c;1-4(2)3;;;/h;;2*1H2;/q+1;-2;;;+1. The van der Waals surface area contributed by atoms with Gasteiger partial charge in [-0.1, -0.05) is 0 Å². The van der Waals surface area contributed by atoms with Crippen LogP contribution in [-0.4, -0.2) is 15.5 Å². The second kappa shape index (κ2) is 23.0. The van der Waals surface area contributed by atoms with Gasteiger partial charge in [-0.2, -0.15) is 11.0 Å². The summed E-state index contributed by atoms with van der Waals surface area (Å²) in [5.74, 6) is 0. The maximum Gasteiger partial charge on any atom is 1.00 e. The Morgan fingerprint density at radius 2 is 1.12 bits per heavy atom. The summed E-state index contributed by atoms with van der Waals surface area (Å²) in [5.41, 5.74) is 0. The van der Waals surface area contributed by atoms with Crippen molar-refractivity contribution in [2.24, 2.45) is 0 Å². The van der Waals surface area contributed by atoms with Gasteiger partial charge < -0.3 is 23.9 Å². The van der Waals surface area contributed by atoms with Crippen LogP contribution in [0, 0.1) is 0 Å². The molecule has 0 saturated heterocycles. The molecule has 0 aliphatic rings. The molecule has 0 unspecified atom stereocenters. The normalized spacial score (nSPS) is 4.25. The Balaban J connectivity index is -0.00000000750. The number of hydrogen-bond acceptors (Lipinski definition) is 4. The zero-order valence-corrected chi connectivity index (χ0v) is 10.5.